The van der Waals surface area contributed by atoms with Crippen LogP contribution in [-0.2, 0) is 22.4 Å². The molecule has 5 aromatic rings. The second-order valence-corrected chi connectivity index (χ2v) is 9.41. The number of nitrogens with zero attached hydrogens (tertiary/aromatic N) is 6. The molecular formula is C30H27N9O4. The molecule has 13 nitrogen and oxygen atoms in total. The molecule has 5 N–H and O–H groups in total. The normalized spacial score (nSPS) is 11.3. The number of carboxylic acids is 2. The molecule has 0 aliphatic carbocycles. The Hall–Kier alpha value is -5.98. The maximum Gasteiger partial charge on any atom is 0.326 e. The van der Waals surface area contributed by atoms with E-state index in [1.54, 1.807) is 0 Å². The Balaban J connectivity index is 1.31. The summed E-state index contributed by atoms with van der Waals surface area (Å²) in [7, 11) is 0. The quantitative estimate of drug-likeness (QED) is 0.135. The highest BCUT2D eigenvalue weighted by Gasteiger charge is 2.22. The van der Waals surface area contributed by atoms with Crippen LogP contribution >= 0.6 is 0 Å². The molecule has 0 radical (unpaired) electrons. The zero-order valence-electron chi connectivity index (χ0n) is 22.8. The minimum absolute atomic E-state index is 0.0524. The van der Waals surface area contributed by atoms with Crippen molar-refractivity contribution >= 4 is 41.2 Å². The molecule has 0 bridgehead atoms. The van der Waals surface area contributed by atoms with Crippen molar-refractivity contribution in [2.75, 3.05) is 16.0 Å². The first-order chi connectivity index (χ1) is 20.9. The van der Waals surface area contributed by atoms with Crippen LogP contribution in [0.4, 0.5) is 29.2 Å². The number of carboxylic acid groups (broad SMARTS) is 2. The molecule has 2 aromatic heterocycles. The minimum Gasteiger partial charge on any atom is -0.481 e. The van der Waals surface area contributed by atoms with E-state index < -0.39 is 24.4 Å². The highest BCUT2D eigenvalue weighted by Crippen LogP contribution is 2.18. The first-order valence-corrected chi connectivity index (χ1v) is 13.3. The van der Waals surface area contributed by atoms with E-state index in [1.807, 2.05) is 84.9 Å². The van der Waals surface area contributed by atoms with Gasteiger partial charge in [0.15, 0.2) is 0 Å². The number of hydrogen-bond donors (Lipinski definition) is 5. The van der Waals surface area contributed by atoms with Gasteiger partial charge in [-0.3, -0.25) is 4.79 Å². The Labute approximate surface area is 246 Å². The molecule has 1 unspecified atom stereocenters. The van der Waals surface area contributed by atoms with E-state index in [2.05, 4.69) is 45.9 Å². The summed E-state index contributed by atoms with van der Waals surface area (Å²) in [5.41, 5.74) is 3.48. The van der Waals surface area contributed by atoms with Crippen molar-refractivity contribution in [1.29, 1.82) is 0 Å². The third kappa shape index (κ3) is 8.50. The van der Waals surface area contributed by atoms with Crippen LogP contribution < -0.4 is 16.0 Å². The van der Waals surface area contributed by atoms with E-state index in [0.717, 1.165) is 22.5 Å². The van der Waals surface area contributed by atoms with Gasteiger partial charge < -0.3 is 26.2 Å². The van der Waals surface area contributed by atoms with Gasteiger partial charge in [-0.2, -0.15) is 19.9 Å². The minimum atomic E-state index is -1.42. The van der Waals surface area contributed by atoms with Crippen molar-refractivity contribution in [3.63, 3.8) is 0 Å². The lowest BCUT2D eigenvalue weighted by molar-refractivity contribution is -0.144. The van der Waals surface area contributed by atoms with Gasteiger partial charge in [-0.05, 0) is 35.4 Å². The molecule has 0 spiro atoms. The number of benzene rings is 3. The molecule has 0 amide bonds. The van der Waals surface area contributed by atoms with Gasteiger partial charge in [-0.15, -0.1) is 0 Å². The van der Waals surface area contributed by atoms with Crippen molar-refractivity contribution in [2.45, 2.75) is 25.3 Å². The maximum absolute atomic E-state index is 11.6. The highest BCUT2D eigenvalue weighted by atomic mass is 16.4. The maximum atomic E-state index is 11.6. The van der Waals surface area contributed by atoms with Crippen molar-refractivity contribution < 1.29 is 19.8 Å². The van der Waals surface area contributed by atoms with Crippen molar-refractivity contribution in [3.8, 4) is 0 Å². The fraction of sp³-hybridized carbons (Fsp3) is 0.133. The fourth-order valence-corrected chi connectivity index (χ4v) is 4.07. The van der Waals surface area contributed by atoms with E-state index in [4.69, 9.17) is 5.11 Å². The monoisotopic (exact) mass is 577 g/mol. The number of rotatable bonds is 13. The topological polar surface area (TPSA) is 188 Å². The van der Waals surface area contributed by atoms with Gasteiger partial charge in [0.1, 0.15) is 24.0 Å². The summed E-state index contributed by atoms with van der Waals surface area (Å²) < 4.78 is 0. The number of aliphatic carboxylic acids is 2. The Morgan fingerprint density at radius 1 is 0.628 bits per heavy atom. The van der Waals surface area contributed by atoms with Crippen LogP contribution in [0.1, 0.15) is 29.2 Å². The molecule has 43 heavy (non-hydrogen) atoms. The Bertz CT molecular complexity index is 1690. The summed E-state index contributed by atoms with van der Waals surface area (Å²) in [5, 5.41) is 27.4. The molecular weight excluding hydrogens is 550 g/mol. The largest absolute Gasteiger partial charge is 0.481 e. The average molecular weight is 578 g/mol. The third-order valence-corrected chi connectivity index (χ3v) is 6.09. The summed E-state index contributed by atoms with van der Waals surface area (Å²) in [6.07, 6.45) is 1.64. The lowest BCUT2D eigenvalue weighted by Crippen LogP contribution is -2.32. The summed E-state index contributed by atoms with van der Waals surface area (Å²) >= 11 is 0. The van der Waals surface area contributed by atoms with Crippen molar-refractivity contribution in [1.82, 2.24) is 29.9 Å². The summed E-state index contributed by atoms with van der Waals surface area (Å²) in [6.45, 7) is 0. The first kappa shape index (κ1) is 28.5. The van der Waals surface area contributed by atoms with Gasteiger partial charge in [0.05, 0.1) is 6.42 Å². The molecule has 0 fully saturated rings. The number of aromatic nitrogens is 6. The lowest BCUT2D eigenvalue weighted by Gasteiger charge is -2.14. The third-order valence-electron chi connectivity index (χ3n) is 6.09. The summed E-state index contributed by atoms with van der Waals surface area (Å²) in [4.78, 5) is 48.9. The second-order valence-electron chi connectivity index (χ2n) is 9.41. The lowest BCUT2D eigenvalue weighted by atomic mass is 10.1. The predicted octanol–water partition coefficient (Wildman–Crippen LogP) is 4.07. The van der Waals surface area contributed by atoms with E-state index in [1.165, 1.54) is 6.33 Å². The van der Waals surface area contributed by atoms with Crippen LogP contribution in [0.5, 0.6) is 0 Å². The fourth-order valence-electron chi connectivity index (χ4n) is 4.07. The molecule has 1 atom stereocenters. The van der Waals surface area contributed by atoms with Crippen LogP contribution in [0, 0.1) is 0 Å². The van der Waals surface area contributed by atoms with Crippen LogP contribution in [0.15, 0.2) is 91.3 Å². The molecule has 0 aliphatic rings. The van der Waals surface area contributed by atoms with Gasteiger partial charge in [0.25, 0.3) is 0 Å². The smallest absolute Gasteiger partial charge is 0.326 e. The first-order valence-electron chi connectivity index (χ1n) is 13.3. The Kier molecular flexibility index (Phi) is 9.02. The van der Waals surface area contributed by atoms with Gasteiger partial charge >= 0.3 is 11.9 Å². The zero-order chi connectivity index (χ0) is 30.0. The van der Waals surface area contributed by atoms with E-state index in [0.29, 0.717) is 30.4 Å². The predicted molar refractivity (Wildman–Crippen MR) is 158 cm³/mol. The van der Waals surface area contributed by atoms with Crippen LogP contribution in [0.2, 0.25) is 0 Å². The van der Waals surface area contributed by atoms with Crippen LogP contribution in [0.25, 0.3) is 0 Å². The SMILES string of the molecule is O=C(O)CC(Nc1nc(Cc2ccc(Cc3ncnc(Nc4ccccc4)n3)cc2)nc(Nc2ccccc2)n1)C(=O)O. The van der Waals surface area contributed by atoms with E-state index in [-0.39, 0.29) is 11.9 Å². The van der Waals surface area contributed by atoms with E-state index >= 15 is 0 Å². The van der Waals surface area contributed by atoms with E-state index in [9.17, 15) is 14.7 Å². The number of para-hydroxylation sites is 2. The van der Waals surface area contributed by atoms with Gasteiger partial charge in [-0.25, -0.2) is 14.8 Å². The number of nitrogens with one attached hydrogen (secondary N) is 3. The molecule has 3 aromatic carbocycles. The molecule has 2 heterocycles. The molecule has 216 valence electrons. The van der Waals surface area contributed by atoms with Gasteiger partial charge in [0.2, 0.25) is 17.8 Å². The standard InChI is InChI=1S/C30H27N9O4/c40-26(41)17-23(27(42)43)35-30-38-25(37-29(39-30)34-22-9-5-2-6-10-22)16-20-13-11-19(12-14-20)15-24-31-18-32-28(36-24)33-21-7-3-1-4-8-21/h1-14,18,23H,15-17H2,(H,40,41)(H,42,43)(H,31,32,33,36)(H2,34,35,37,38,39). The zero-order valence-corrected chi connectivity index (χ0v) is 22.8. The molecule has 13 heteroatoms. The number of carbonyl (C=O) groups is 2. The molecule has 0 aliphatic heterocycles. The number of anilines is 5. The summed E-state index contributed by atoms with van der Waals surface area (Å²) in [6, 6.07) is 25.2. The van der Waals surface area contributed by atoms with Crippen LogP contribution in [0.3, 0.4) is 0 Å². The Morgan fingerprint density at radius 2 is 1.16 bits per heavy atom. The molecule has 0 saturated carbocycles. The van der Waals surface area contributed by atoms with Gasteiger partial charge in [0, 0.05) is 24.2 Å². The highest BCUT2D eigenvalue weighted by molar-refractivity contribution is 5.83. The Morgan fingerprint density at radius 3 is 1.74 bits per heavy atom. The van der Waals surface area contributed by atoms with Crippen molar-refractivity contribution in [3.05, 3.63) is 114 Å². The second kappa shape index (κ2) is 13.6. The van der Waals surface area contributed by atoms with Crippen LogP contribution in [-0.4, -0.2) is 58.1 Å². The molecule has 0 saturated heterocycles. The van der Waals surface area contributed by atoms with Gasteiger partial charge in [-0.1, -0.05) is 60.7 Å². The molecule has 5 rings (SSSR count). The number of hydrogen-bond acceptors (Lipinski definition) is 11. The van der Waals surface area contributed by atoms with Crippen molar-refractivity contribution in [2.24, 2.45) is 0 Å². The average Bonchev–Trinajstić information content (AvgIpc) is 2.99. The summed E-state index contributed by atoms with van der Waals surface area (Å²) in [5.74, 6) is -1.04.